The Morgan fingerprint density at radius 1 is 1.11 bits per heavy atom. The van der Waals surface area contributed by atoms with Crippen LogP contribution >= 0.6 is 0 Å². The fourth-order valence-electron chi connectivity index (χ4n) is 4.25. The predicted molar refractivity (Wildman–Crippen MR) is 130 cm³/mol. The van der Waals surface area contributed by atoms with E-state index in [1.807, 2.05) is 0 Å². The first-order chi connectivity index (χ1) is 17.1. The van der Waals surface area contributed by atoms with Crippen molar-refractivity contribution in [1.82, 2.24) is 19.9 Å². The molecule has 5 rings (SSSR count). The number of pyridine rings is 1. The Balaban J connectivity index is 1.34. The third-order valence-corrected chi connectivity index (χ3v) is 6.19. The minimum atomic E-state index is -0.167. The molecule has 4 aromatic rings. The van der Waals surface area contributed by atoms with Gasteiger partial charge in [-0.2, -0.15) is 0 Å². The molecular weight excluding hydrogens is 446 g/mol. The van der Waals surface area contributed by atoms with Gasteiger partial charge >= 0.3 is 0 Å². The molecule has 1 aromatic carbocycles. The number of carbonyl (C=O) groups is 2. The van der Waals surface area contributed by atoms with Gasteiger partial charge in [0.2, 0.25) is 0 Å². The summed E-state index contributed by atoms with van der Waals surface area (Å²) in [6, 6.07) is 10.5. The zero-order chi connectivity index (χ0) is 24.2. The van der Waals surface area contributed by atoms with Gasteiger partial charge in [0.15, 0.2) is 11.6 Å². The molecule has 3 N–H and O–H groups in total. The summed E-state index contributed by atoms with van der Waals surface area (Å²) in [5.74, 6) is 0.368. The normalized spacial score (nSPS) is 17.9. The van der Waals surface area contributed by atoms with Gasteiger partial charge in [-0.05, 0) is 30.5 Å². The Labute approximate surface area is 201 Å². The van der Waals surface area contributed by atoms with Crippen molar-refractivity contribution in [2.75, 3.05) is 18.5 Å². The molecule has 35 heavy (non-hydrogen) atoms. The first-order valence-electron chi connectivity index (χ1n) is 11.5. The lowest BCUT2D eigenvalue weighted by atomic mass is 9.99. The van der Waals surface area contributed by atoms with Crippen LogP contribution in [0.4, 0.5) is 5.82 Å². The molecule has 0 bridgehead atoms. The number of nitrogens with zero attached hydrogens (tertiary/aromatic N) is 3. The van der Waals surface area contributed by atoms with Gasteiger partial charge in [-0.1, -0.05) is 24.3 Å². The fourth-order valence-corrected chi connectivity index (χ4v) is 4.25. The highest BCUT2D eigenvalue weighted by molar-refractivity contribution is 6.18. The lowest BCUT2D eigenvalue weighted by Crippen LogP contribution is -2.36. The molecule has 0 aliphatic carbocycles. The summed E-state index contributed by atoms with van der Waals surface area (Å²) in [6.45, 7) is 0.459. The third-order valence-electron chi connectivity index (χ3n) is 6.19. The summed E-state index contributed by atoms with van der Waals surface area (Å²) in [5, 5.41) is 13.3. The summed E-state index contributed by atoms with van der Waals surface area (Å²) in [6.07, 6.45) is 7.94. The molecule has 2 atom stereocenters. The predicted octanol–water partition coefficient (Wildman–Crippen LogP) is 2.96. The number of fused-ring (bicyclic) bond motifs is 1. The van der Waals surface area contributed by atoms with Crippen molar-refractivity contribution < 1.29 is 19.4 Å². The highest BCUT2D eigenvalue weighted by Gasteiger charge is 2.24. The van der Waals surface area contributed by atoms with Crippen molar-refractivity contribution in [3.05, 3.63) is 83.6 Å². The van der Waals surface area contributed by atoms with Crippen LogP contribution in [0.5, 0.6) is 0 Å². The summed E-state index contributed by atoms with van der Waals surface area (Å²) in [7, 11) is 0. The van der Waals surface area contributed by atoms with E-state index in [0.29, 0.717) is 40.1 Å². The third kappa shape index (κ3) is 4.96. The number of hydrogen-bond acceptors (Lipinski definition) is 8. The van der Waals surface area contributed by atoms with E-state index in [2.05, 4.69) is 25.3 Å². The molecule has 1 saturated heterocycles. The fraction of sp³-hybridized carbons (Fsp3) is 0.269. The van der Waals surface area contributed by atoms with Crippen LogP contribution in [-0.4, -0.2) is 62.0 Å². The van der Waals surface area contributed by atoms with Crippen molar-refractivity contribution in [3.8, 4) is 0 Å². The highest BCUT2D eigenvalue weighted by atomic mass is 16.5. The number of aliphatic hydroxyl groups is 1. The zero-order valence-corrected chi connectivity index (χ0v) is 19.0. The van der Waals surface area contributed by atoms with Crippen LogP contribution in [0.1, 0.15) is 44.7 Å². The van der Waals surface area contributed by atoms with Crippen molar-refractivity contribution in [2.45, 2.75) is 31.4 Å². The van der Waals surface area contributed by atoms with E-state index >= 15 is 0 Å². The van der Waals surface area contributed by atoms with E-state index in [9.17, 15) is 14.7 Å². The topological polar surface area (TPSA) is 130 Å². The van der Waals surface area contributed by atoms with Gasteiger partial charge in [-0.25, -0.2) is 9.97 Å². The van der Waals surface area contributed by atoms with E-state index < -0.39 is 0 Å². The molecule has 1 aliphatic rings. The quantitative estimate of drug-likeness (QED) is 0.335. The maximum atomic E-state index is 13.4. The number of aromatic amines is 1. The first kappa shape index (κ1) is 22.8. The van der Waals surface area contributed by atoms with Gasteiger partial charge in [0.25, 0.3) is 0 Å². The molecule has 0 amide bonds. The Morgan fingerprint density at radius 3 is 2.69 bits per heavy atom. The van der Waals surface area contributed by atoms with E-state index in [4.69, 9.17) is 4.74 Å². The summed E-state index contributed by atoms with van der Waals surface area (Å²) in [4.78, 5) is 41.5. The molecule has 0 radical (unpaired) electrons. The van der Waals surface area contributed by atoms with Gasteiger partial charge < -0.3 is 20.1 Å². The number of ketones is 2. The Hall–Kier alpha value is -3.95. The van der Waals surface area contributed by atoms with Gasteiger partial charge in [0.05, 0.1) is 36.3 Å². The van der Waals surface area contributed by atoms with Crippen LogP contribution in [0.25, 0.3) is 11.0 Å². The zero-order valence-electron chi connectivity index (χ0n) is 19.0. The second-order valence-corrected chi connectivity index (χ2v) is 8.57. The second kappa shape index (κ2) is 10.1. The number of rotatable bonds is 8. The number of nitrogens with one attached hydrogen (secondary N) is 2. The van der Waals surface area contributed by atoms with E-state index in [1.165, 1.54) is 6.33 Å². The molecule has 178 valence electrons. The highest BCUT2D eigenvalue weighted by Crippen LogP contribution is 2.27. The molecule has 0 saturated carbocycles. The Morgan fingerprint density at radius 2 is 1.97 bits per heavy atom. The van der Waals surface area contributed by atoms with Crippen LogP contribution in [0.3, 0.4) is 0 Å². The smallest absolute Gasteiger partial charge is 0.195 e. The largest absolute Gasteiger partial charge is 0.394 e. The van der Waals surface area contributed by atoms with Gasteiger partial charge in [-0.15, -0.1) is 0 Å². The van der Waals surface area contributed by atoms with E-state index in [1.54, 1.807) is 55.0 Å². The molecule has 3 aromatic heterocycles. The first-order valence-corrected chi connectivity index (χ1v) is 11.5. The van der Waals surface area contributed by atoms with Crippen LogP contribution in [0, 0.1) is 0 Å². The van der Waals surface area contributed by atoms with Crippen molar-refractivity contribution in [1.29, 1.82) is 0 Å². The van der Waals surface area contributed by atoms with E-state index in [-0.39, 0.29) is 36.7 Å². The number of aromatic nitrogens is 4. The van der Waals surface area contributed by atoms with E-state index in [0.717, 1.165) is 18.4 Å². The van der Waals surface area contributed by atoms with Gasteiger partial charge in [0.1, 0.15) is 17.8 Å². The van der Waals surface area contributed by atoms with Gasteiger partial charge in [-0.3, -0.25) is 14.6 Å². The van der Waals surface area contributed by atoms with Crippen molar-refractivity contribution in [2.24, 2.45) is 0 Å². The lowest BCUT2D eigenvalue weighted by molar-refractivity contribution is -0.0224. The van der Waals surface area contributed by atoms with Crippen LogP contribution in [-0.2, 0) is 11.2 Å². The number of carbonyl (C=O) groups excluding carboxylic acids is 2. The van der Waals surface area contributed by atoms with Crippen LogP contribution in [0.2, 0.25) is 0 Å². The molecule has 0 spiro atoms. The standard InChI is InChI=1S/C26H25N5O4/c32-13-20-8-7-19(14-35-20)31-26-23-21(12-28-25(23)29-15-30-26)24(34)17-5-3-16(4-6-17)10-22(33)18-2-1-9-27-11-18/h1-6,9,11-12,15,19-20,32H,7-8,10,13-14H2,(H2,28,29,30,31)/t19-,20+/m0/s1. The lowest BCUT2D eigenvalue weighted by Gasteiger charge is -2.29. The number of Topliss-reactive ketones (excluding diaryl/α,β-unsaturated/α-hetero) is 1. The molecule has 1 fully saturated rings. The van der Waals surface area contributed by atoms with Crippen molar-refractivity contribution in [3.63, 3.8) is 0 Å². The SMILES string of the molecule is O=C(Cc1ccc(C(=O)c2c[nH]c3ncnc(N[C@H]4CC[C@H](CO)OC4)c23)cc1)c1cccnc1. The molecule has 9 heteroatoms. The monoisotopic (exact) mass is 471 g/mol. The summed E-state index contributed by atoms with van der Waals surface area (Å²) >= 11 is 0. The molecule has 1 aliphatic heterocycles. The maximum Gasteiger partial charge on any atom is 0.195 e. The Bertz CT molecular complexity index is 1330. The van der Waals surface area contributed by atoms with Crippen LogP contribution in [0.15, 0.2) is 61.3 Å². The number of anilines is 1. The number of aliphatic hydroxyl groups excluding tert-OH is 1. The Kier molecular flexibility index (Phi) is 6.60. The minimum absolute atomic E-state index is 0.0113. The molecule has 4 heterocycles. The number of hydrogen-bond donors (Lipinski definition) is 3. The number of ether oxygens (including phenoxy) is 1. The maximum absolute atomic E-state index is 13.4. The molecule has 9 nitrogen and oxygen atoms in total. The average molecular weight is 472 g/mol. The van der Waals surface area contributed by atoms with Gasteiger partial charge in [0, 0.05) is 36.1 Å². The van der Waals surface area contributed by atoms with Crippen molar-refractivity contribution >= 4 is 28.4 Å². The summed E-state index contributed by atoms with van der Waals surface area (Å²) in [5.41, 5.74) is 2.91. The summed E-state index contributed by atoms with van der Waals surface area (Å²) < 4.78 is 5.66. The number of benzene rings is 1. The second-order valence-electron chi connectivity index (χ2n) is 8.57. The molecular formula is C26H25N5O4. The average Bonchev–Trinajstić information content (AvgIpc) is 3.35. The number of H-pyrrole nitrogens is 1. The minimum Gasteiger partial charge on any atom is -0.394 e. The molecule has 0 unspecified atom stereocenters. The van der Waals surface area contributed by atoms with Crippen LogP contribution < -0.4 is 5.32 Å².